The van der Waals surface area contributed by atoms with Crippen molar-refractivity contribution >= 4 is 34.3 Å². The molecule has 0 saturated heterocycles. The Morgan fingerprint density at radius 1 is 0.923 bits per heavy atom. The van der Waals surface area contributed by atoms with Crippen molar-refractivity contribution in [1.82, 2.24) is 4.98 Å². The van der Waals surface area contributed by atoms with Crippen molar-refractivity contribution in [3.05, 3.63) is 130 Å². The summed E-state index contributed by atoms with van der Waals surface area (Å²) in [6.07, 6.45) is 2.08. The zero-order valence-electron chi connectivity index (χ0n) is 21.9. The van der Waals surface area contributed by atoms with E-state index in [-0.39, 0.29) is 11.9 Å². The fraction of sp³-hybridized carbons (Fsp3) is 0.121. The highest BCUT2D eigenvalue weighted by molar-refractivity contribution is 5.97. The van der Waals surface area contributed by atoms with E-state index in [0.717, 1.165) is 56.0 Å². The zero-order chi connectivity index (χ0) is 27.1. The lowest BCUT2D eigenvalue weighted by molar-refractivity contribution is 0.0600. The zero-order valence-corrected chi connectivity index (χ0v) is 21.9. The van der Waals surface area contributed by atoms with Gasteiger partial charge in [-0.15, -0.1) is 0 Å². The maximum atomic E-state index is 14.8. The van der Waals surface area contributed by atoms with E-state index in [1.54, 1.807) is 25.3 Å². The number of aromatic amines is 1. The molecule has 5 nitrogen and oxygen atoms in total. The molecule has 6 heteroatoms. The lowest BCUT2D eigenvalue weighted by Crippen LogP contribution is -2.32. The number of esters is 1. The molecule has 1 aromatic heterocycles. The third kappa shape index (κ3) is 4.24. The average Bonchev–Trinajstić information content (AvgIpc) is 3.31. The normalized spacial score (nSPS) is 14.6. The Labute approximate surface area is 226 Å². The predicted octanol–water partition coefficient (Wildman–Crippen LogP) is 7.52. The number of hydrogen-bond acceptors (Lipinski definition) is 4. The van der Waals surface area contributed by atoms with Crippen LogP contribution in [0.1, 0.15) is 44.3 Å². The van der Waals surface area contributed by atoms with Crippen LogP contribution in [0.15, 0.2) is 91.0 Å². The van der Waals surface area contributed by atoms with E-state index < -0.39 is 5.97 Å². The van der Waals surface area contributed by atoms with Gasteiger partial charge in [0.25, 0.3) is 0 Å². The summed E-state index contributed by atoms with van der Waals surface area (Å²) < 4.78 is 25.3. The number of halogens is 1. The van der Waals surface area contributed by atoms with Gasteiger partial charge in [-0.2, -0.15) is 0 Å². The number of hydrogen-bond donors (Lipinski definition) is 1. The second kappa shape index (κ2) is 9.80. The van der Waals surface area contributed by atoms with Gasteiger partial charge in [-0.3, -0.25) is 0 Å². The van der Waals surface area contributed by atoms with Crippen LogP contribution in [0, 0.1) is 12.7 Å². The standard InChI is InChI=1S/C33H27FN2O3/c1-20-31(27-9-4-5-10-29(27)35-20)32-28-19-24(34)14-11-22(28)18-30(23-7-6-8-26(17-23)38-2)36(32)25-15-12-21(13-16-25)33(37)39-3/h4-19,32,35H,1-3H3. The van der Waals surface area contributed by atoms with Crippen molar-refractivity contribution < 1.29 is 18.7 Å². The van der Waals surface area contributed by atoms with Crippen molar-refractivity contribution in [2.24, 2.45) is 0 Å². The molecule has 0 spiro atoms. The van der Waals surface area contributed by atoms with Crippen molar-refractivity contribution in [3.63, 3.8) is 0 Å². The SMILES string of the molecule is COC(=O)c1ccc(N2C(c3cccc(OC)c3)=Cc3ccc(F)cc3C2c2c(C)[nH]c3ccccc23)cc1. The van der Waals surface area contributed by atoms with Gasteiger partial charge in [-0.1, -0.05) is 36.4 Å². The summed E-state index contributed by atoms with van der Waals surface area (Å²) in [6.45, 7) is 2.05. The number of fused-ring (bicyclic) bond motifs is 2. The molecular weight excluding hydrogens is 491 g/mol. The summed E-state index contributed by atoms with van der Waals surface area (Å²) >= 11 is 0. The fourth-order valence-electron chi connectivity index (χ4n) is 5.51. The number of ether oxygens (including phenoxy) is 2. The number of rotatable bonds is 5. The van der Waals surface area contributed by atoms with Gasteiger partial charge in [0, 0.05) is 33.4 Å². The maximum absolute atomic E-state index is 14.8. The molecule has 1 aliphatic heterocycles. The Kier molecular flexibility index (Phi) is 6.15. The Hall–Kier alpha value is -4.84. The lowest BCUT2D eigenvalue weighted by Gasteiger charge is -2.40. The molecule has 0 radical (unpaired) electrons. The first kappa shape index (κ1) is 24.5. The largest absolute Gasteiger partial charge is 0.497 e. The quantitative estimate of drug-likeness (QED) is 0.245. The van der Waals surface area contributed by atoms with Crippen molar-refractivity contribution in [3.8, 4) is 5.75 Å². The van der Waals surface area contributed by atoms with Gasteiger partial charge in [0.05, 0.1) is 31.5 Å². The Morgan fingerprint density at radius 2 is 1.72 bits per heavy atom. The lowest BCUT2D eigenvalue weighted by atomic mass is 9.85. The van der Waals surface area contributed by atoms with Gasteiger partial charge in [0.2, 0.25) is 0 Å². The first-order valence-corrected chi connectivity index (χ1v) is 12.7. The van der Waals surface area contributed by atoms with Gasteiger partial charge < -0.3 is 19.4 Å². The minimum absolute atomic E-state index is 0.296. The number of carbonyl (C=O) groups is 1. The first-order valence-electron chi connectivity index (χ1n) is 12.7. The summed E-state index contributed by atoms with van der Waals surface area (Å²) in [5.41, 5.74) is 8.04. The summed E-state index contributed by atoms with van der Waals surface area (Å²) in [5, 5.41) is 1.07. The van der Waals surface area contributed by atoms with Crippen LogP contribution in [0.3, 0.4) is 0 Å². The second-order valence-electron chi connectivity index (χ2n) is 9.56. The van der Waals surface area contributed by atoms with Gasteiger partial charge >= 0.3 is 5.97 Å². The van der Waals surface area contributed by atoms with Crippen molar-refractivity contribution in [2.45, 2.75) is 13.0 Å². The molecule has 0 saturated carbocycles. The van der Waals surface area contributed by atoms with E-state index in [4.69, 9.17) is 9.47 Å². The van der Waals surface area contributed by atoms with Gasteiger partial charge in [-0.05, 0) is 78.7 Å². The van der Waals surface area contributed by atoms with E-state index in [1.165, 1.54) is 13.2 Å². The Balaban J connectivity index is 1.66. The van der Waals surface area contributed by atoms with E-state index in [9.17, 15) is 9.18 Å². The molecule has 39 heavy (non-hydrogen) atoms. The highest BCUT2D eigenvalue weighted by Crippen LogP contribution is 2.48. The van der Waals surface area contributed by atoms with Crippen LogP contribution in [0.25, 0.3) is 22.7 Å². The van der Waals surface area contributed by atoms with E-state index >= 15 is 0 Å². The summed E-state index contributed by atoms with van der Waals surface area (Å²) in [4.78, 5) is 17.9. The smallest absolute Gasteiger partial charge is 0.337 e. The second-order valence-corrected chi connectivity index (χ2v) is 9.56. The molecule has 4 aromatic carbocycles. The fourth-order valence-corrected chi connectivity index (χ4v) is 5.51. The van der Waals surface area contributed by atoms with E-state index in [2.05, 4.69) is 35.0 Å². The number of aryl methyl sites for hydroxylation is 1. The molecule has 6 rings (SSSR count). The third-order valence-electron chi connectivity index (χ3n) is 7.30. The van der Waals surface area contributed by atoms with Crippen LogP contribution in [-0.4, -0.2) is 25.2 Å². The topological polar surface area (TPSA) is 54.6 Å². The number of carbonyl (C=O) groups excluding carboxylic acids is 1. The number of methoxy groups -OCH3 is 2. The maximum Gasteiger partial charge on any atom is 0.337 e. The summed E-state index contributed by atoms with van der Waals surface area (Å²) in [7, 11) is 3.01. The van der Waals surface area contributed by atoms with Crippen LogP contribution in [0.5, 0.6) is 5.75 Å². The third-order valence-corrected chi connectivity index (χ3v) is 7.30. The molecule has 0 amide bonds. The number of nitrogens with one attached hydrogen (secondary N) is 1. The Bertz CT molecular complexity index is 1740. The number of benzene rings is 4. The highest BCUT2D eigenvalue weighted by Gasteiger charge is 2.35. The van der Waals surface area contributed by atoms with E-state index in [1.807, 2.05) is 54.6 Å². The molecule has 0 aliphatic carbocycles. The molecular formula is C33H27FN2O3. The number of H-pyrrole nitrogens is 1. The van der Waals surface area contributed by atoms with Crippen LogP contribution < -0.4 is 9.64 Å². The highest BCUT2D eigenvalue weighted by atomic mass is 19.1. The average molecular weight is 519 g/mol. The minimum atomic E-state index is -0.403. The number of para-hydroxylation sites is 1. The first-order chi connectivity index (χ1) is 19.0. The molecule has 2 heterocycles. The summed E-state index contributed by atoms with van der Waals surface area (Å²) in [6, 6.07) is 28.0. The molecule has 0 bridgehead atoms. The molecule has 5 aromatic rings. The summed E-state index contributed by atoms with van der Waals surface area (Å²) in [5.74, 6) is 0.0368. The molecule has 1 N–H and O–H groups in total. The monoisotopic (exact) mass is 518 g/mol. The van der Waals surface area contributed by atoms with Gasteiger partial charge in [0.1, 0.15) is 11.6 Å². The van der Waals surface area contributed by atoms with Gasteiger partial charge in [-0.25, -0.2) is 9.18 Å². The number of anilines is 1. The number of aromatic nitrogens is 1. The molecule has 1 aliphatic rings. The van der Waals surface area contributed by atoms with Crippen LogP contribution >= 0.6 is 0 Å². The van der Waals surface area contributed by atoms with Crippen molar-refractivity contribution in [2.75, 3.05) is 19.1 Å². The molecule has 1 atom stereocenters. The molecule has 194 valence electrons. The Morgan fingerprint density at radius 3 is 2.49 bits per heavy atom. The van der Waals surface area contributed by atoms with Crippen LogP contribution in [-0.2, 0) is 4.74 Å². The van der Waals surface area contributed by atoms with Crippen molar-refractivity contribution in [1.29, 1.82) is 0 Å². The minimum Gasteiger partial charge on any atom is -0.497 e. The van der Waals surface area contributed by atoms with Gasteiger partial charge in [0.15, 0.2) is 0 Å². The van der Waals surface area contributed by atoms with E-state index in [0.29, 0.717) is 5.56 Å². The molecule has 0 fully saturated rings. The van der Waals surface area contributed by atoms with Crippen LogP contribution in [0.4, 0.5) is 10.1 Å². The number of nitrogens with zero attached hydrogens (tertiary/aromatic N) is 1. The van der Waals surface area contributed by atoms with Crippen LogP contribution in [0.2, 0.25) is 0 Å². The molecule has 1 unspecified atom stereocenters. The predicted molar refractivity (Wildman–Crippen MR) is 152 cm³/mol.